The summed E-state index contributed by atoms with van der Waals surface area (Å²) < 4.78 is 1.78. The van der Waals surface area contributed by atoms with E-state index < -0.39 is 0 Å². The molecular formula is C20H20N6O. The van der Waals surface area contributed by atoms with Gasteiger partial charge in [0.1, 0.15) is 5.82 Å². The number of nitrogens with one attached hydrogen (secondary N) is 2. The third kappa shape index (κ3) is 3.58. The highest BCUT2D eigenvalue weighted by Crippen LogP contribution is 2.27. The fourth-order valence-corrected chi connectivity index (χ4v) is 2.87. The minimum Gasteiger partial charge on any atom is -0.395 e. The van der Waals surface area contributed by atoms with Crippen molar-refractivity contribution in [3.05, 3.63) is 66.4 Å². The predicted octanol–water partition coefficient (Wildman–Crippen LogP) is 3.27. The molecule has 136 valence electrons. The second-order valence-corrected chi connectivity index (χ2v) is 6.17. The molecule has 7 nitrogen and oxygen atoms in total. The van der Waals surface area contributed by atoms with Crippen molar-refractivity contribution in [2.24, 2.45) is 0 Å². The van der Waals surface area contributed by atoms with Gasteiger partial charge in [0, 0.05) is 12.2 Å². The summed E-state index contributed by atoms with van der Waals surface area (Å²) in [7, 11) is 0. The Morgan fingerprint density at radius 1 is 1.04 bits per heavy atom. The number of aliphatic hydroxyl groups is 1. The van der Waals surface area contributed by atoms with Crippen molar-refractivity contribution in [1.82, 2.24) is 19.7 Å². The van der Waals surface area contributed by atoms with Crippen LogP contribution >= 0.6 is 0 Å². The van der Waals surface area contributed by atoms with Crippen molar-refractivity contribution in [2.75, 3.05) is 23.8 Å². The van der Waals surface area contributed by atoms with Crippen LogP contribution in [0, 0.1) is 6.92 Å². The lowest BCUT2D eigenvalue weighted by Gasteiger charge is -2.11. The molecule has 0 saturated heterocycles. The lowest BCUT2D eigenvalue weighted by Crippen LogP contribution is -2.10. The number of aromatic nitrogens is 4. The molecule has 4 aromatic rings. The van der Waals surface area contributed by atoms with Gasteiger partial charge in [-0.05, 0) is 36.8 Å². The summed E-state index contributed by atoms with van der Waals surface area (Å²) in [5.74, 6) is 1.10. The number of rotatable bonds is 6. The number of nitrogens with zero attached hydrogens (tertiary/aromatic N) is 4. The maximum atomic E-state index is 9.12. The fraction of sp³-hybridized carbons (Fsp3) is 0.150. The van der Waals surface area contributed by atoms with Crippen LogP contribution in [0.1, 0.15) is 5.56 Å². The molecule has 0 spiro atoms. The number of hydrogen-bond acceptors (Lipinski definition) is 6. The third-order valence-corrected chi connectivity index (χ3v) is 4.10. The predicted molar refractivity (Wildman–Crippen MR) is 107 cm³/mol. The summed E-state index contributed by atoms with van der Waals surface area (Å²) in [6.07, 6.45) is 1.76. The van der Waals surface area contributed by atoms with Crippen molar-refractivity contribution in [3.63, 3.8) is 0 Å². The van der Waals surface area contributed by atoms with Crippen molar-refractivity contribution in [1.29, 1.82) is 0 Å². The van der Waals surface area contributed by atoms with E-state index in [4.69, 9.17) is 5.11 Å². The lowest BCUT2D eigenvalue weighted by atomic mass is 10.2. The molecule has 2 heterocycles. The molecule has 3 N–H and O–H groups in total. The van der Waals surface area contributed by atoms with Gasteiger partial charge in [0.05, 0.1) is 23.9 Å². The van der Waals surface area contributed by atoms with Gasteiger partial charge in [-0.2, -0.15) is 15.1 Å². The molecule has 7 heteroatoms. The highest BCUT2D eigenvalue weighted by Gasteiger charge is 2.14. The number of aryl methyl sites for hydroxylation is 1. The standard InChI is InChI=1S/C20H20N6O/c1-14-6-5-7-15(12-14)23-18-17-13-22-26(16-8-3-2-4-9-16)19(17)25-20(24-18)21-10-11-27/h2-9,12-13,27H,10-11H2,1H3,(H2,21,23,24,25). The molecule has 4 rings (SSSR count). The Balaban J connectivity index is 1.83. The first-order chi connectivity index (χ1) is 13.2. The number of aliphatic hydroxyl groups excluding tert-OH is 1. The first-order valence-corrected chi connectivity index (χ1v) is 8.74. The minimum absolute atomic E-state index is 0.0000137. The number of para-hydroxylation sites is 1. The third-order valence-electron chi connectivity index (χ3n) is 4.10. The average molecular weight is 360 g/mol. The van der Waals surface area contributed by atoms with Crippen LogP contribution in [0.2, 0.25) is 0 Å². The van der Waals surface area contributed by atoms with Crippen LogP contribution in [-0.2, 0) is 0 Å². The van der Waals surface area contributed by atoms with Crippen LogP contribution in [0.3, 0.4) is 0 Å². The Morgan fingerprint density at radius 2 is 1.89 bits per heavy atom. The van der Waals surface area contributed by atoms with Gasteiger partial charge in [-0.25, -0.2) is 4.68 Å². The topological polar surface area (TPSA) is 87.9 Å². The van der Waals surface area contributed by atoms with E-state index in [0.717, 1.165) is 22.3 Å². The average Bonchev–Trinajstić information content (AvgIpc) is 3.11. The Hall–Kier alpha value is -3.45. The molecule has 0 atom stereocenters. The van der Waals surface area contributed by atoms with Gasteiger partial charge in [-0.1, -0.05) is 30.3 Å². The molecule has 0 bridgehead atoms. The van der Waals surface area contributed by atoms with E-state index in [0.29, 0.717) is 24.0 Å². The molecule has 0 unspecified atom stereocenters. The minimum atomic E-state index is -0.0000137. The summed E-state index contributed by atoms with van der Waals surface area (Å²) in [4.78, 5) is 9.17. The van der Waals surface area contributed by atoms with Crippen LogP contribution in [-0.4, -0.2) is 38.0 Å². The van der Waals surface area contributed by atoms with E-state index in [1.54, 1.807) is 10.9 Å². The summed E-state index contributed by atoms with van der Waals surface area (Å²) in [6, 6.07) is 17.9. The molecule has 27 heavy (non-hydrogen) atoms. The molecule has 0 radical (unpaired) electrons. The molecule has 0 aliphatic carbocycles. The maximum Gasteiger partial charge on any atom is 0.226 e. The quantitative estimate of drug-likeness (QED) is 0.489. The summed E-state index contributed by atoms with van der Waals surface area (Å²) in [6.45, 7) is 2.41. The zero-order chi connectivity index (χ0) is 18.6. The van der Waals surface area contributed by atoms with Crippen LogP contribution in [0.15, 0.2) is 60.8 Å². The van der Waals surface area contributed by atoms with Gasteiger partial charge in [0.2, 0.25) is 5.95 Å². The number of anilines is 3. The largest absolute Gasteiger partial charge is 0.395 e. The molecule has 0 aliphatic rings. The van der Waals surface area contributed by atoms with E-state index in [-0.39, 0.29) is 6.61 Å². The zero-order valence-electron chi connectivity index (χ0n) is 14.9. The zero-order valence-corrected chi connectivity index (χ0v) is 14.9. The van der Waals surface area contributed by atoms with Gasteiger partial charge in [0.15, 0.2) is 5.65 Å². The molecule has 2 aromatic heterocycles. The molecule has 0 amide bonds. The highest BCUT2D eigenvalue weighted by molar-refractivity contribution is 5.90. The van der Waals surface area contributed by atoms with E-state index >= 15 is 0 Å². The number of benzene rings is 2. The first-order valence-electron chi connectivity index (χ1n) is 8.74. The Labute approximate surface area is 156 Å². The van der Waals surface area contributed by atoms with Crippen LogP contribution < -0.4 is 10.6 Å². The second-order valence-electron chi connectivity index (χ2n) is 6.17. The second kappa shape index (κ2) is 7.43. The molecular weight excluding hydrogens is 340 g/mol. The van der Waals surface area contributed by atoms with Gasteiger partial charge in [0.25, 0.3) is 0 Å². The van der Waals surface area contributed by atoms with Crippen molar-refractivity contribution >= 4 is 28.5 Å². The Morgan fingerprint density at radius 3 is 2.67 bits per heavy atom. The summed E-state index contributed by atoms with van der Waals surface area (Å²) in [5, 5.41) is 20.8. The molecule has 0 fully saturated rings. The van der Waals surface area contributed by atoms with Crippen molar-refractivity contribution in [3.8, 4) is 5.69 Å². The number of hydrogen-bond donors (Lipinski definition) is 3. The van der Waals surface area contributed by atoms with E-state index in [1.807, 2.05) is 55.5 Å². The highest BCUT2D eigenvalue weighted by atomic mass is 16.3. The van der Waals surface area contributed by atoms with Gasteiger partial charge in [-0.3, -0.25) is 0 Å². The molecule has 0 aliphatic heterocycles. The normalized spacial score (nSPS) is 10.9. The molecule has 2 aromatic carbocycles. The first kappa shape index (κ1) is 17.0. The Bertz CT molecular complexity index is 1060. The maximum absolute atomic E-state index is 9.12. The summed E-state index contributed by atoms with van der Waals surface area (Å²) in [5.41, 5.74) is 3.70. The molecule has 0 saturated carbocycles. The smallest absolute Gasteiger partial charge is 0.226 e. The SMILES string of the molecule is Cc1cccc(Nc2nc(NCCO)nc3c2cnn3-c2ccccc2)c1. The van der Waals surface area contributed by atoms with Crippen LogP contribution in [0.25, 0.3) is 16.7 Å². The van der Waals surface area contributed by atoms with Gasteiger partial charge < -0.3 is 15.7 Å². The summed E-state index contributed by atoms with van der Waals surface area (Å²) >= 11 is 0. The fourth-order valence-electron chi connectivity index (χ4n) is 2.87. The van der Waals surface area contributed by atoms with Crippen molar-refractivity contribution in [2.45, 2.75) is 6.92 Å². The van der Waals surface area contributed by atoms with Crippen LogP contribution in [0.4, 0.5) is 17.5 Å². The Kier molecular flexibility index (Phi) is 4.67. The monoisotopic (exact) mass is 360 g/mol. The lowest BCUT2D eigenvalue weighted by molar-refractivity contribution is 0.311. The van der Waals surface area contributed by atoms with E-state index in [1.165, 1.54) is 0 Å². The van der Waals surface area contributed by atoms with Crippen molar-refractivity contribution < 1.29 is 5.11 Å². The van der Waals surface area contributed by atoms with Crippen LogP contribution in [0.5, 0.6) is 0 Å². The van der Waals surface area contributed by atoms with Gasteiger partial charge >= 0.3 is 0 Å². The number of fused-ring (bicyclic) bond motifs is 1. The van der Waals surface area contributed by atoms with Gasteiger partial charge in [-0.15, -0.1) is 0 Å². The van der Waals surface area contributed by atoms with E-state index in [2.05, 4.69) is 31.8 Å². The van der Waals surface area contributed by atoms with E-state index in [9.17, 15) is 0 Å².